The van der Waals surface area contributed by atoms with Gasteiger partial charge in [0.05, 0.1) is 4.88 Å². The Kier molecular flexibility index (Phi) is 5.60. The van der Waals surface area contributed by atoms with Crippen molar-refractivity contribution in [2.45, 2.75) is 39.0 Å². The second-order valence-electron chi connectivity index (χ2n) is 6.17. The maximum atomic E-state index is 12.0. The van der Waals surface area contributed by atoms with Gasteiger partial charge in [0.1, 0.15) is 0 Å². The van der Waals surface area contributed by atoms with E-state index >= 15 is 0 Å². The van der Waals surface area contributed by atoms with E-state index in [2.05, 4.69) is 29.3 Å². The van der Waals surface area contributed by atoms with Gasteiger partial charge in [-0.2, -0.15) is 4.98 Å². The molecule has 0 radical (unpaired) electrons. The molecule has 1 N–H and O–H groups in total. The van der Waals surface area contributed by atoms with Gasteiger partial charge in [0.15, 0.2) is 0 Å². The van der Waals surface area contributed by atoms with Gasteiger partial charge in [-0.15, -0.1) is 11.3 Å². The molecule has 0 aliphatic rings. The van der Waals surface area contributed by atoms with Crippen molar-refractivity contribution in [1.82, 2.24) is 10.1 Å². The molecule has 2 aromatic heterocycles. The molecule has 5 nitrogen and oxygen atoms in total. The molecule has 0 aliphatic heterocycles. The highest BCUT2D eigenvalue weighted by atomic mass is 32.1. The zero-order valence-corrected chi connectivity index (χ0v) is 15.2. The third kappa shape index (κ3) is 4.76. The lowest BCUT2D eigenvalue weighted by atomic mass is 10.0. The first-order chi connectivity index (χ1) is 12.1. The van der Waals surface area contributed by atoms with Gasteiger partial charge in [-0.25, -0.2) is 0 Å². The molecule has 0 spiro atoms. The van der Waals surface area contributed by atoms with E-state index < -0.39 is 0 Å². The van der Waals surface area contributed by atoms with Crippen LogP contribution in [0.4, 0.5) is 5.69 Å². The summed E-state index contributed by atoms with van der Waals surface area (Å²) in [6.07, 6.45) is 1.68. The van der Waals surface area contributed by atoms with Gasteiger partial charge in [-0.05, 0) is 41.5 Å². The summed E-state index contributed by atoms with van der Waals surface area (Å²) < 4.78 is 5.24. The van der Waals surface area contributed by atoms with Gasteiger partial charge in [-0.1, -0.05) is 37.2 Å². The number of nitrogens with zero attached hydrogens (tertiary/aromatic N) is 2. The first-order valence-corrected chi connectivity index (χ1v) is 9.26. The fraction of sp³-hybridized carbons (Fsp3) is 0.316. The molecule has 0 saturated heterocycles. The zero-order chi connectivity index (χ0) is 17.6. The molecule has 1 amide bonds. The molecule has 0 bridgehead atoms. The van der Waals surface area contributed by atoms with Crippen LogP contribution >= 0.6 is 11.3 Å². The van der Waals surface area contributed by atoms with Crippen molar-refractivity contribution in [2.75, 3.05) is 5.32 Å². The normalized spacial score (nSPS) is 11.0. The van der Waals surface area contributed by atoms with Gasteiger partial charge in [0, 0.05) is 18.5 Å². The number of benzene rings is 1. The summed E-state index contributed by atoms with van der Waals surface area (Å²) in [5.74, 6) is 1.66. The van der Waals surface area contributed by atoms with Crippen LogP contribution in [0, 0.1) is 0 Å². The smallest absolute Gasteiger partial charge is 0.226 e. The van der Waals surface area contributed by atoms with Crippen LogP contribution in [0.5, 0.6) is 0 Å². The molecule has 1 aromatic carbocycles. The van der Waals surface area contributed by atoms with Crippen molar-refractivity contribution >= 4 is 22.9 Å². The fourth-order valence-corrected chi connectivity index (χ4v) is 3.09. The van der Waals surface area contributed by atoms with Gasteiger partial charge in [0.25, 0.3) is 0 Å². The average Bonchev–Trinajstić information content (AvgIpc) is 3.26. The van der Waals surface area contributed by atoms with Crippen LogP contribution < -0.4 is 5.32 Å². The van der Waals surface area contributed by atoms with E-state index in [0.29, 0.717) is 36.9 Å². The number of carbonyl (C=O) groups excluding carboxylic acids is 1. The molecule has 130 valence electrons. The van der Waals surface area contributed by atoms with Crippen molar-refractivity contribution in [3.8, 4) is 10.7 Å². The molecule has 6 heteroatoms. The van der Waals surface area contributed by atoms with E-state index in [-0.39, 0.29) is 5.91 Å². The van der Waals surface area contributed by atoms with Crippen molar-refractivity contribution in [2.24, 2.45) is 0 Å². The third-order valence-corrected chi connectivity index (χ3v) is 4.73. The summed E-state index contributed by atoms with van der Waals surface area (Å²) in [4.78, 5) is 17.4. The number of thiophene rings is 1. The molecular weight excluding hydrogens is 334 g/mol. The van der Waals surface area contributed by atoms with Crippen LogP contribution in [0.2, 0.25) is 0 Å². The second kappa shape index (κ2) is 8.07. The zero-order valence-electron chi connectivity index (χ0n) is 14.4. The molecule has 25 heavy (non-hydrogen) atoms. The van der Waals surface area contributed by atoms with Crippen molar-refractivity contribution in [3.63, 3.8) is 0 Å². The minimum Gasteiger partial charge on any atom is -0.339 e. The Morgan fingerprint density at radius 2 is 2.04 bits per heavy atom. The monoisotopic (exact) mass is 355 g/mol. The topological polar surface area (TPSA) is 68.0 Å². The molecule has 0 atom stereocenters. The van der Waals surface area contributed by atoms with Gasteiger partial charge < -0.3 is 9.84 Å². The molecule has 3 aromatic rings. The summed E-state index contributed by atoms with van der Waals surface area (Å²) >= 11 is 1.57. The molecule has 3 rings (SSSR count). The van der Waals surface area contributed by atoms with E-state index in [9.17, 15) is 4.79 Å². The number of amides is 1. The number of carbonyl (C=O) groups is 1. The Morgan fingerprint density at radius 3 is 2.72 bits per heavy atom. The second-order valence-corrected chi connectivity index (χ2v) is 7.12. The summed E-state index contributed by atoms with van der Waals surface area (Å²) in [6.45, 7) is 4.30. The first kappa shape index (κ1) is 17.4. The number of nitrogens with one attached hydrogen (secondary N) is 1. The number of aromatic nitrogens is 2. The molecule has 0 unspecified atom stereocenters. The number of anilines is 1. The van der Waals surface area contributed by atoms with Crippen molar-refractivity contribution in [3.05, 3.63) is 53.2 Å². The fourth-order valence-electron chi connectivity index (χ4n) is 2.44. The number of hydrogen-bond donors (Lipinski definition) is 1. The van der Waals surface area contributed by atoms with E-state index in [4.69, 9.17) is 4.52 Å². The van der Waals surface area contributed by atoms with Gasteiger partial charge in [0.2, 0.25) is 17.6 Å². The summed E-state index contributed by atoms with van der Waals surface area (Å²) in [6, 6.07) is 11.9. The highest BCUT2D eigenvalue weighted by Gasteiger charge is 2.10. The third-order valence-electron chi connectivity index (χ3n) is 3.87. The van der Waals surface area contributed by atoms with E-state index in [1.54, 1.807) is 11.3 Å². The predicted molar refractivity (Wildman–Crippen MR) is 99.7 cm³/mol. The van der Waals surface area contributed by atoms with E-state index in [1.807, 2.05) is 41.8 Å². The maximum absolute atomic E-state index is 12.0. The Morgan fingerprint density at radius 1 is 1.24 bits per heavy atom. The van der Waals surface area contributed by atoms with Crippen LogP contribution in [0.1, 0.15) is 44.1 Å². The van der Waals surface area contributed by atoms with Crippen molar-refractivity contribution in [1.29, 1.82) is 0 Å². The lowest BCUT2D eigenvalue weighted by Crippen LogP contribution is -2.11. The molecular formula is C19H21N3O2S. The Labute approximate surface area is 151 Å². The lowest BCUT2D eigenvalue weighted by molar-refractivity contribution is -0.116. The Hall–Kier alpha value is -2.47. The molecule has 0 saturated carbocycles. The highest BCUT2D eigenvalue weighted by Crippen LogP contribution is 2.22. The number of aryl methyl sites for hydroxylation is 1. The average molecular weight is 355 g/mol. The maximum Gasteiger partial charge on any atom is 0.226 e. The standard InChI is InChI=1S/C19H21N3O2S/c1-13(2)14-8-10-15(11-9-14)20-17(23)6-3-7-18-21-19(22-24-18)16-5-4-12-25-16/h4-5,8-13H,3,6-7H2,1-2H3,(H,20,23). The Balaban J connectivity index is 1.45. The van der Waals surface area contributed by atoms with Gasteiger partial charge >= 0.3 is 0 Å². The Bertz CT molecular complexity index is 808. The van der Waals surface area contributed by atoms with Crippen LogP contribution in [-0.2, 0) is 11.2 Å². The van der Waals surface area contributed by atoms with E-state index in [1.165, 1.54) is 5.56 Å². The van der Waals surface area contributed by atoms with Crippen LogP contribution in [0.3, 0.4) is 0 Å². The molecule has 0 fully saturated rings. The highest BCUT2D eigenvalue weighted by molar-refractivity contribution is 7.13. The number of rotatable bonds is 7. The van der Waals surface area contributed by atoms with Crippen molar-refractivity contribution < 1.29 is 9.32 Å². The lowest BCUT2D eigenvalue weighted by Gasteiger charge is -2.08. The van der Waals surface area contributed by atoms with Crippen LogP contribution in [0.15, 0.2) is 46.3 Å². The summed E-state index contributed by atoms with van der Waals surface area (Å²) in [7, 11) is 0. The van der Waals surface area contributed by atoms with E-state index in [0.717, 1.165) is 10.6 Å². The van der Waals surface area contributed by atoms with Crippen LogP contribution in [0.25, 0.3) is 10.7 Å². The van der Waals surface area contributed by atoms with Gasteiger partial charge in [-0.3, -0.25) is 4.79 Å². The minimum absolute atomic E-state index is 0.00436. The first-order valence-electron chi connectivity index (χ1n) is 8.38. The molecule has 0 aliphatic carbocycles. The minimum atomic E-state index is -0.00436. The summed E-state index contributed by atoms with van der Waals surface area (Å²) in [5.41, 5.74) is 2.09. The quantitative estimate of drug-likeness (QED) is 0.655. The number of hydrogen-bond acceptors (Lipinski definition) is 5. The predicted octanol–water partition coefficient (Wildman–Crippen LogP) is 4.88. The summed E-state index contributed by atoms with van der Waals surface area (Å²) in [5, 5.41) is 8.86. The van der Waals surface area contributed by atoms with Crippen LogP contribution in [-0.4, -0.2) is 16.0 Å². The SMILES string of the molecule is CC(C)c1ccc(NC(=O)CCCc2nc(-c3cccs3)no2)cc1. The molecule has 2 heterocycles. The largest absolute Gasteiger partial charge is 0.339 e.